The Bertz CT molecular complexity index is 388. The standard InChI is InChI=1S/C12H21ClN4/c1-3-17-11(12(13)9(2)15-17)8-16-6-4-5-10(16)7-14/h10H,3-8,14H2,1-2H3. The predicted octanol–water partition coefficient (Wildman–Crippen LogP) is 1.79. The Morgan fingerprint density at radius 1 is 1.53 bits per heavy atom. The molecule has 4 nitrogen and oxygen atoms in total. The van der Waals surface area contributed by atoms with Crippen molar-refractivity contribution in [3.8, 4) is 0 Å². The van der Waals surface area contributed by atoms with Gasteiger partial charge in [-0.25, -0.2) is 0 Å². The summed E-state index contributed by atoms with van der Waals surface area (Å²) in [7, 11) is 0. The van der Waals surface area contributed by atoms with Gasteiger partial charge in [-0.3, -0.25) is 9.58 Å². The lowest BCUT2D eigenvalue weighted by atomic mass is 10.2. The molecule has 5 heteroatoms. The van der Waals surface area contributed by atoms with Gasteiger partial charge >= 0.3 is 0 Å². The monoisotopic (exact) mass is 256 g/mol. The number of aromatic nitrogens is 2. The maximum Gasteiger partial charge on any atom is 0.0860 e. The molecule has 0 radical (unpaired) electrons. The highest BCUT2D eigenvalue weighted by atomic mass is 35.5. The van der Waals surface area contributed by atoms with E-state index in [0.29, 0.717) is 6.04 Å². The summed E-state index contributed by atoms with van der Waals surface area (Å²) in [6, 6.07) is 0.506. The topological polar surface area (TPSA) is 47.1 Å². The average Bonchev–Trinajstić information content (AvgIpc) is 2.88. The molecular weight excluding hydrogens is 236 g/mol. The summed E-state index contributed by atoms with van der Waals surface area (Å²) >= 11 is 6.32. The fourth-order valence-corrected chi connectivity index (χ4v) is 2.78. The van der Waals surface area contributed by atoms with Gasteiger partial charge in [-0.15, -0.1) is 0 Å². The molecule has 0 aliphatic carbocycles. The van der Waals surface area contributed by atoms with E-state index in [1.165, 1.54) is 12.8 Å². The molecule has 2 heterocycles. The fourth-order valence-electron chi connectivity index (χ4n) is 2.58. The van der Waals surface area contributed by atoms with Gasteiger partial charge in [0.05, 0.1) is 16.4 Å². The summed E-state index contributed by atoms with van der Waals surface area (Å²) in [5.41, 5.74) is 7.85. The maximum atomic E-state index is 6.32. The number of likely N-dealkylation sites (tertiary alicyclic amines) is 1. The lowest BCUT2D eigenvalue weighted by Crippen LogP contribution is -2.35. The number of hydrogen-bond acceptors (Lipinski definition) is 3. The number of rotatable bonds is 4. The van der Waals surface area contributed by atoms with Crippen LogP contribution in [0.15, 0.2) is 0 Å². The van der Waals surface area contributed by atoms with Crippen molar-refractivity contribution < 1.29 is 0 Å². The van der Waals surface area contributed by atoms with E-state index in [2.05, 4.69) is 16.9 Å². The van der Waals surface area contributed by atoms with Crippen molar-refractivity contribution in [3.05, 3.63) is 16.4 Å². The van der Waals surface area contributed by atoms with E-state index in [9.17, 15) is 0 Å². The lowest BCUT2D eigenvalue weighted by Gasteiger charge is -2.23. The van der Waals surface area contributed by atoms with Crippen molar-refractivity contribution in [1.29, 1.82) is 0 Å². The van der Waals surface area contributed by atoms with Gasteiger partial charge in [0.15, 0.2) is 0 Å². The van der Waals surface area contributed by atoms with Gasteiger partial charge in [0.2, 0.25) is 0 Å². The zero-order valence-corrected chi connectivity index (χ0v) is 11.4. The van der Waals surface area contributed by atoms with Crippen LogP contribution in [0.25, 0.3) is 0 Å². The van der Waals surface area contributed by atoms with E-state index in [4.69, 9.17) is 17.3 Å². The minimum atomic E-state index is 0.506. The van der Waals surface area contributed by atoms with Crippen LogP contribution >= 0.6 is 11.6 Å². The highest BCUT2D eigenvalue weighted by molar-refractivity contribution is 6.31. The lowest BCUT2D eigenvalue weighted by molar-refractivity contribution is 0.242. The largest absolute Gasteiger partial charge is 0.329 e. The molecule has 1 unspecified atom stereocenters. The molecule has 17 heavy (non-hydrogen) atoms. The van der Waals surface area contributed by atoms with Crippen molar-refractivity contribution in [2.75, 3.05) is 13.1 Å². The Labute approximate surface area is 108 Å². The highest BCUT2D eigenvalue weighted by Crippen LogP contribution is 2.25. The van der Waals surface area contributed by atoms with E-state index in [0.717, 1.165) is 42.6 Å². The van der Waals surface area contributed by atoms with Crippen molar-refractivity contribution >= 4 is 11.6 Å². The molecular formula is C12H21ClN4. The van der Waals surface area contributed by atoms with Crippen molar-refractivity contribution in [1.82, 2.24) is 14.7 Å². The smallest absolute Gasteiger partial charge is 0.0860 e. The van der Waals surface area contributed by atoms with Crippen LogP contribution in [0.5, 0.6) is 0 Å². The number of hydrogen-bond donors (Lipinski definition) is 1. The van der Waals surface area contributed by atoms with Crippen LogP contribution in [0.4, 0.5) is 0 Å². The van der Waals surface area contributed by atoms with Crippen LogP contribution in [0.1, 0.15) is 31.2 Å². The molecule has 1 atom stereocenters. The first-order chi connectivity index (χ1) is 8.17. The zero-order chi connectivity index (χ0) is 12.4. The van der Waals surface area contributed by atoms with E-state index >= 15 is 0 Å². The first-order valence-electron chi connectivity index (χ1n) is 6.33. The molecule has 2 N–H and O–H groups in total. The van der Waals surface area contributed by atoms with E-state index < -0.39 is 0 Å². The summed E-state index contributed by atoms with van der Waals surface area (Å²) in [5.74, 6) is 0. The Balaban J connectivity index is 2.17. The van der Waals surface area contributed by atoms with Crippen LogP contribution in [0.3, 0.4) is 0 Å². The Morgan fingerprint density at radius 3 is 2.94 bits per heavy atom. The van der Waals surface area contributed by atoms with Gasteiger partial charge in [-0.2, -0.15) is 5.10 Å². The summed E-state index contributed by atoms with van der Waals surface area (Å²) in [6.45, 7) is 7.64. The molecule has 1 aromatic heterocycles. The number of aryl methyl sites for hydroxylation is 2. The van der Waals surface area contributed by atoms with Gasteiger partial charge < -0.3 is 5.73 Å². The van der Waals surface area contributed by atoms with Gasteiger partial charge in [0.1, 0.15) is 0 Å². The normalized spacial score (nSPS) is 21.3. The highest BCUT2D eigenvalue weighted by Gasteiger charge is 2.25. The van der Waals surface area contributed by atoms with Crippen LogP contribution in [-0.2, 0) is 13.1 Å². The molecule has 1 aromatic rings. The second-order valence-electron chi connectivity index (χ2n) is 4.66. The fraction of sp³-hybridized carbons (Fsp3) is 0.750. The van der Waals surface area contributed by atoms with Crippen molar-refractivity contribution in [2.45, 2.75) is 45.8 Å². The second kappa shape index (κ2) is 5.38. The van der Waals surface area contributed by atoms with Crippen LogP contribution in [0.2, 0.25) is 5.02 Å². The Morgan fingerprint density at radius 2 is 2.29 bits per heavy atom. The number of nitrogens with zero attached hydrogens (tertiary/aromatic N) is 3. The van der Waals surface area contributed by atoms with E-state index in [1.807, 2.05) is 11.6 Å². The minimum absolute atomic E-state index is 0.506. The van der Waals surface area contributed by atoms with Crippen molar-refractivity contribution in [3.63, 3.8) is 0 Å². The number of halogens is 1. The molecule has 0 amide bonds. The van der Waals surface area contributed by atoms with Gasteiger partial charge in [-0.05, 0) is 33.2 Å². The first-order valence-corrected chi connectivity index (χ1v) is 6.71. The van der Waals surface area contributed by atoms with Crippen LogP contribution in [0, 0.1) is 6.92 Å². The molecule has 2 rings (SSSR count). The van der Waals surface area contributed by atoms with Gasteiger partial charge in [0, 0.05) is 25.7 Å². The third-order valence-corrected chi connectivity index (χ3v) is 4.07. The average molecular weight is 257 g/mol. The van der Waals surface area contributed by atoms with Gasteiger partial charge in [-0.1, -0.05) is 11.6 Å². The molecule has 1 fully saturated rings. The van der Waals surface area contributed by atoms with Crippen molar-refractivity contribution in [2.24, 2.45) is 5.73 Å². The summed E-state index contributed by atoms with van der Waals surface area (Å²) in [4.78, 5) is 2.43. The van der Waals surface area contributed by atoms with E-state index in [1.54, 1.807) is 0 Å². The zero-order valence-electron chi connectivity index (χ0n) is 10.6. The molecule has 1 aliphatic heterocycles. The summed E-state index contributed by atoms with van der Waals surface area (Å²) in [5, 5.41) is 5.26. The van der Waals surface area contributed by atoms with Gasteiger partial charge in [0.25, 0.3) is 0 Å². The predicted molar refractivity (Wildman–Crippen MR) is 70.1 cm³/mol. The molecule has 0 saturated carbocycles. The molecule has 96 valence electrons. The molecule has 0 aromatic carbocycles. The summed E-state index contributed by atoms with van der Waals surface area (Å²) in [6.07, 6.45) is 2.44. The quantitative estimate of drug-likeness (QED) is 0.894. The third-order valence-electron chi connectivity index (χ3n) is 3.58. The molecule has 0 bridgehead atoms. The number of nitrogens with two attached hydrogens (primary N) is 1. The summed E-state index contributed by atoms with van der Waals surface area (Å²) < 4.78 is 2.00. The molecule has 1 saturated heterocycles. The second-order valence-corrected chi connectivity index (χ2v) is 5.04. The van der Waals surface area contributed by atoms with E-state index in [-0.39, 0.29) is 0 Å². The van der Waals surface area contributed by atoms with Crippen LogP contribution in [-0.4, -0.2) is 33.8 Å². The van der Waals surface area contributed by atoms with Crippen LogP contribution < -0.4 is 5.73 Å². The third kappa shape index (κ3) is 2.49. The first kappa shape index (κ1) is 12.9. The SMILES string of the molecule is CCn1nc(C)c(Cl)c1CN1CCCC1CN. The minimum Gasteiger partial charge on any atom is -0.329 e. The maximum absolute atomic E-state index is 6.32. The Hall–Kier alpha value is -0.580. The molecule has 0 spiro atoms. The molecule has 1 aliphatic rings. The Kier molecular flexibility index (Phi) is 4.07.